The Bertz CT molecular complexity index is 541. The molecule has 0 radical (unpaired) electrons. The van der Waals surface area contributed by atoms with Crippen molar-refractivity contribution >= 4 is 0 Å². The molecule has 1 atom stereocenters. The van der Waals surface area contributed by atoms with Gasteiger partial charge in [0.2, 0.25) is 11.7 Å². The molecular weight excluding hydrogens is 242 g/mol. The lowest BCUT2D eigenvalue weighted by atomic mass is 9.96. The highest BCUT2D eigenvalue weighted by atomic mass is 16.5. The van der Waals surface area contributed by atoms with Gasteiger partial charge in [-0.25, -0.2) is 4.98 Å². The van der Waals surface area contributed by atoms with E-state index in [1.54, 1.807) is 12.5 Å². The number of imidazole rings is 1. The lowest BCUT2D eigenvalue weighted by Crippen LogP contribution is -2.30. The molecule has 0 aromatic carbocycles. The number of aromatic nitrogens is 4. The number of nitrogens with zero attached hydrogens (tertiary/aromatic N) is 4. The maximum Gasteiger partial charge on any atom is 0.228 e. The van der Waals surface area contributed by atoms with Crippen molar-refractivity contribution in [2.45, 2.75) is 38.1 Å². The number of rotatable bonds is 4. The summed E-state index contributed by atoms with van der Waals surface area (Å²) in [5.74, 6) is 1.80. The van der Waals surface area contributed by atoms with Crippen molar-refractivity contribution in [1.29, 1.82) is 0 Å². The van der Waals surface area contributed by atoms with Crippen molar-refractivity contribution in [3.05, 3.63) is 18.4 Å². The van der Waals surface area contributed by atoms with Crippen LogP contribution in [0.5, 0.6) is 0 Å². The first kappa shape index (κ1) is 12.3. The van der Waals surface area contributed by atoms with E-state index in [9.17, 15) is 0 Å². The van der Waals surface area contributed by atoms with Crippen LogP contribution in [-0.4, -0.2) is 25.7 Å². The van der Waals surface area contributed by atoms with Crippen LogP contribution in [-0.2, 0) is 13.5 Å². The van der Waals surface area contributed by atoms with Crippen LogP contribution < -0.4 is 5.73 Å². The maximum absolute atomic E-state index is 6.22. The van der Waals surface area contributed by atoms with E-state index in [0.717, 1.165) is 5.69 Å². The molecule has 2 heterocycles. The summed E-state index contributed by atoms with van der Waals surface area (Å²) < 4.78 is 7.16. The highest BCUT2D eigenvalue weighted by molar-refractivity contribution is 5.46. The molecule has 0 spiro atoms. The van der Waals surface area contributed by atoms with Crippen LogP contribution in [0.3, 0.4) is 0 Å². The third-order valence-electron chi connectivity index (χ3n) is 3.93. The van der Waals surface area contributed by atoms with Crippen LogP contribution in [0, 0.1) is 5.92 Å². The van der Waals surface area contributed by atoms with Gasteiger partial charge in [0, 0.05) is 19.5 Å². The molecule has 1 saturated carbocycles. The smallest absolute Gasteiger partial charge is 0.228 e. The monoisotopic (exact) mass is 261 g/mol. The number of nitrogens with two attached hydrogens (primary N) is 1. The third-order valence-corrected chi connectivity index (χ3v) is 3.93. The van der Waals surface area contributed by atoms with Crippen LogP contribution in [0.15, 0.2) is 17.0 Å². The van der Waals surface area contributed by atoms with Gasteiger partial charge in [0.25, 0.3) is 0 Å². The van der Waals surface area contributed by atoms with Crippen molar-refractivity contribution in [1.82, 2.24) is 19.7 Å². The standard InChI is InChI=1S/C13H19N5O/c1-18-8-15-7-11(18)13-16-12(19-17-13)6-10(14)9-4-2-3-5-9/h7-10H,2-6,14H2,1H3. The summed E-state index contributed by atoms with van der Waals surface area (Å²) in [5.41, 5.74) is 7.07. The van der Waals surface area contributed by atoms with Gasteiger partial charge in [-0.05, 0) is 18.8 Å². The topological polar surface area (TPSA) is 82.8 Å². The zero-order chi connectivity index (χ0) is 13.2. The molecule has 6 heteroatoms. The highest BCUT2D eigenvalue weighted by Gasteiger charge is 2.24. The molecule has 0 aliphatic heterocycles. The number of hydrogen-bond acceptors (Lipinski definition) is 5. The molecule has 2 N–H and O–H groups in total. The quantitative estimate of drug-likeness (QED) is 0.902. The third kappa shape index (κ3) is 2.53. The number of aryl methyl sites for hydroxylation is 1. The van der Waals surface area contributed by atoms with Crippen LogP contribution in [0.4, 0.5) is 0 Å². The van der Waals surface area contributed by atoms with Gasteiger partial charge in [-0.1, -0.05) is 18.0 Å². The van der Waals surface area contributed by atoms with Gasteiger partial charge in [-0.2, -0.15) is 4.98 Å². The normalized spacial score (nSPS) is 18.0. The summed E-state index contributed by atoms with van der Waals surface area (Å²) in [6.07, 6.45) is 9.15. The second-order valence-corrected chi connectivity index (χ2v) is 5.31. The highest BCUT2D eigenvalue weighted by Crippen LogP contribution is 2.28. The predicted octanol–water partition coefficient (Wildman–Crippen LogP) is 1.53. The minimum Gasteiger partial charge on any atom is -0.339 e. The van der Waals surface area contributed by atoms with E-state index in [-0.39, 0.29) is 6.04 Å². The van der Waals surface area contributed by atoms with Gasteiger partial charge in [-0.15, -0.1) is 0 Å². The first-order valence-electron chi connectivity index (χ1n) is 6.79. The van der Waals surface area contributed by atoms with Gasteiger partial charge in [0.15, 0.2) is 0 Å². The molecule has 3 rings (SSSR count). The molecule has 0 amide bonds. The fourth-order valence-electron chi connectivity index (χ4n) is 2.77. The Kier molecular flexibility index (Phi) is 3.33. The van der Waals surface area contributed by atoms with Crippen molar-refractivity contribution in [3.63, 3.8) is 0 Å². The lowest BCUT2D eigenvalue weighted by molar-refractivity contribution is 0.341. The largest absolute Gasteiger partial charge is 0.339 e. The maximum atomic E-state index is 6.22. The molecule has 1 unspecified atom stereocenters. The van der Waals surface area contributed by atoms with Crippen LogP contribution in [0.25, 0.3) is 11.5 Å². The zero-order valence-electron chi connectivity index (χ0n) is 11.1. The molecule has 1 aliphatic carbocycles. The molecule has 0 saturated heterocycles. The minimum absolute atomic E-state index is 0.127. The van der Waals surface area contributed by atoms with Crippen LogP contribution in [0.1, 0.15) is 31.6 Å². The summed E-state index contributed by atoms with van der Waals surface area (Å²) in [7, 11) is 1.91. The molecule has 2 aromatic heterocycles. The van der Waals surface area contributed by atoms with E-state index in [2.05, 4.69) is 15.1 Å². The summed E-state index contributed by atoms with van der Waals surface area (Å²) >= 11 is 0. The summed E-state index contributed by atoms with van der Waals surface area (Å²) in [6, 6.07) is 0.127. The molecule has 6 nitrogen and oxygen atoms in total. The van der Waals surface area contributed by atoms with Gasteiger partial charge in [0.1, 0.15) is 5.69 Å². The Morgan fingerprint density at radius 2 is 2.26 bits per heavy atom. The Morgan fingerprint density at radius 1 is 1.47 bits per heavy atom. The zero-order valence-corrected chi connectivity index (χ0v) is 11.1. The van der Waals surface area contributed by atoms with Gasteiger partial charge < -0.3 is 14.8 Å². The predicted molar refractivity (Wildman–Crippen MR) is 70.1 cm³/mol. The second-order valence-electron chi connectivity index (χ2n) is 5.31. The van der Waals surface area contributed by atoms with Crippen molar-refractivity contribution in [2.75, 3.05) is 0 Å². The van der Waals surface area contributed by atoms with Gasteiger partial charge in [0.05, 0.1) is 12.5 Å². The molecule has 102 valence electrons. The van der Waals surface area contributed by atoms with Gasteiger partial charge >= 0.3 is 0 Å². The average Bonchev–Trinajstić information content (AvgIpc) is 3.08. The fraction of sp³-hybridized carbons (Fsp3) is 0.615. The van der Waals surface area contributed by atoms with Gasteiger partial charge in [-0.3, -0.25) is 0 Å². The van der Waals surface area contributed by atoms with E-state index in [1.807, 2.05) is 11.6 Å². The summed E-state index contributed by atoms with van der Waals surface area (Å²) in [4.78, 5) is 8.45. The first-order valence-corrected chi connectivity index (χ1v) is 6.79. The summed E-state index contributed by atoms with van der Waals surface area (Å²) in [6.45, 7) is 0. The molecule has 19 heavy (non-hydrogen) atoms. The van der Waals surface area contributed by atoms with Crippen LogP contribution >= 0.6 is 0 Å². The lowest BCUT2D eigenvalue weighted by Gasteiger charge is -2.16. The van der Waals surface area contributed by atoms with E-state index >= 15 is 0 Å². The van der Waals surface area contributed by atoms with Crippen molar-refractivity contribution in [2.24, 2.45) is 18.7 Å². The minimum atomic E-state index is 0.127. The van der Waals surface area contributed by atoms with E-state index in [1.165, 1.54) is 25.7 Å². The summed E-state index contributed by atoms with van der Waals surface area (Å²) in [5, 5.41) is 4.00. The average molecular weight is 261 g/mol. The fourth-order valence-corrected chi connectivity index (χ4v) is 2.77. The number of hydrogen-bond donors (Lipinski definition) is 1. The Balaban J connectivity index is 1.69. The second kappa shape index (κ2) is 5.13. The van der Waals surface area contributed by atoms with Crippen molar-refractivity contribution in [3.8, 4) is 11.5 Å². The Morgan fingerprint density at radius 3 is 2.95 bits per heavy atom. The Labute approximate surface area is 112 Å². The molecule has 0 bridgehead atoms. The molecule has 2 aromatic rings. The van der Waals surface area contributed by atoms with E-state index in [0.29, 0.717) is 24.1 Å². The molecular formula is C13H19N5O. The van der Waals surface area contributed by atoms with E-state index < -0.39 is 0 Å². The molecule has 1 fully saturated rings. The first-order chi connectivity index (χ1) is 9.24. The Hall–Kier alpha value is -1.69. The SMILES string of the molecule is Cn1cncc1-c1noc(CC(N)C2CCCC2)n1. The van der Waals surface area contributed by atoms with E-state index in [4.69, 9.17) is 10.3 Å². The van der Waals surface area contributed by atoms with Crippen LogP contribution in [0.2, 0.25) is 0 Å². The molecule has 1 aliphatic rings. The van der Waals surface area contributed by atoms with Crippen molar-refractivity contribution < 1.29 is 4.52 Å².